The average Bonchev–Trinajstić information content (AvgIpc) is 3.27. The van der Waals surface area contributed by atoms with E-state index in [0.717, 1.165) is 42.2 Å². The Balaban J connectivity index is 1.41. The van der Waals surface area contributed by atoms with Gasteiger partial charge in [0.25, 0.3) is 5.91 Å². The molecule has 1 atom stereocenters. The fourth-order valence-electron chi connectivity index (χ4n) is 4.13. The molecule has 174 valence electrons. The summed E-state index contributed by atoms with van der Waals surface area (Å²) < 4.78 is 13.7. The zero-order valence-electron chi connectivity index (χ0n) is 19.1. The zero-order valence-corrected chi connectivity index (χ0v) is 19.9. The van der Waals surface area contributed by atoms with E-state index in [1.165, 1.54) is 0 Å². The predicted octanol–water partition coefficient (Wildman–Crippen LogP) is 4.40. The summed E-state index contributed by atoms with van der Waals surface area (Å²) in [6.45, 7) is 4.20. The number of ether oxygens (including phenoxy) is 2. The number of aromatic nitrogens is 1. The van der Waals surface area contributed by atoms with Crippen molar-refractivity contribution in [3.8, 4) is 5.75 Å². The molecule has 1 aliphatic heterocycles. The first-order valence-corrected chi connectivity index (χ1v) is 11.5. The molecule has 0 aliphatic carbocycles. The Labute approximate surface area is 200 Å². The summed E-state index contributed by atoms with van der Waals surface area (Å²) >= 11 is 6.14. The maximum atomic E-state index is 12.8. The van der Waals surface area contributed by atoms with Gasteiger partial charge in [-0.3, -0.25) is 9.69 Å². The van der Waals surface area contributed by atoms with Crippen LogP contribution in [0.1, 0.15) is 27.7 Å². The van der Waals surface area contributed by atoms with Crippen LogP contribution in [0.25, 0.3) is 0 Å². The van der Waals surface area contributed by atoms with Crippen molar-refractivity contribution < 1.29 is 14.3 Å². The molecule has 1 amide bonds. The Morgan fingerprint density at radius 3 is 2.52 bits per heavy atom. The summed E-state index contributed by atoms with van der Waals surface area (Å²) in [4.78, 5) is 17.1. The van der Waals surface area contributed by atoms with Gasteiger partial charge in [0.05, 0.1) is 19.8 Å². The Hall–Kier alpha value is -2.80. The van der Waals surface area contributed by atoms with Crippen LogP contribution in [0, 0.1) is 0 Å². The second-order valence-electron chi connectivity index (χ2n) is 8.30. The third kappa shape index (κ3) is 5.96. The van der Waals surface area contributed by atoms with E-state index in [4.69, 9.17) is 21.1 Å². The highest BCUT2D eigenvalue weighted by Gasteiger charge is 2.26. The molecule has 33 heavy (non-hydrogen) atoms. The van der Waals surface area contributed by atoms with Gasteiger partial charge in [0, 0.05) is 51.0 Å². The van der Waals surface area contributed by atoms with Gasteiger partial charge in [0.15, 0.2) is 0 Å². The fourth-order valence-corrected chi connectivity index (χ4v) is 4.35. The number of hydrogen-bond donors (Lipinski definition) is 0. The van der Waals surface area contributed by atoms with Crippen molar-refractivity contribution in [3.05, 3.63) is 88.7 Å². The Kier molecular flexibility index (Phi) is 7.70. The van der Waals surface area contributed by atoms with Gasteiger partial charge in [-0.1, -0.05) is 35.9 Å². The summed E-state index contributed by atoms with van der Waals surface area (Å²) in [6, 6.07) is 19.5. The molecular weight excluding hydrogens is 438 g/mol. The van der Waals surface area contributed by atoms with E-state index in [0.29, 0.717) is 24.7 Å². The van der Waals surface area contributed by atoms with Gasteiger partial charge in [-0.2, -0.15) is 0 Å². The summed E-state index contributed by atoms with van der Waals surface area (Å²) in [7, 11) is 3.57. The van der Waals surface area contributed by atoms with E-state index in [9.17, 15) is 4.79 Å². The molecule has 1 aromatic heterocycles. The number of amides is 1. The molecule has 0 radical (unpaired) electrons. The van der Waals surface area contributed by atoms with Gasteiger partial charge < -0.3 is 18.9 Å². The van der Waals surface area contributed by atoms with E-state index in [2.05, 4.69) is 11.0 Å². The largest absolute Gasteiger partial charge is 0.497 e. The van der Waals surface area contributed by atoms with E-state index in [1.54, 1.807) is 7.11 Å². The smallest absolute Gasteiger partial charge is 0.270 e. The molecule has 6 nitrogen and oxygen atoms in total. The van der Waals surface area contributed by atoms with Crippen LogP contribution < -0.4 is 4.74 Å². The molecule has 2 aromatic carbocycles. The van der Waals surface area contributed by atoms with Crippen molar-refractivity contribution in [2.45, 2.75) is 12.7 Å². The van der Waals surface area contributed by atoms with Crippen molar-refractivity contribution in [1.29, 1.82) is 0 Å². The Morgan fingerprint density at radius 1 is 1.03 bits per heavy atom. The lowest BCUT2D eigenvalue weighted by Crippen LogP contribution is -2.50. The second kappa shape index (κ2) is 10.9. The summed E-state index contributed by atoms with van der Waals surface area (Å²) in [6.07, 6.45) is 1.77. The average molecular weight is 468 g/mol. The van der Waals surface area contributed by atoms with Gasteiger partial charge >= 0.3 is 0 Å². The highest BCUT2D eigenvalue weighted by atomic mass is 35.5. The van der Waals surface area contributed by atoms with Gasteiger partial charge in [-0.05, 0) is 47.5 Å². The van der Waals surface area contributed by atoms with Crippen LogP contribution in [0.15, 0.2) is 66.9 Å². The van der Waals surface area contributed by atoms with E-state index in [1.807, 2.05) is 77.3 Å². The van der Waals surface area contributed by atoms with Crippen LogP contribution >= 0.6 is 11.6 Å². The lowest BCUT2D eigenvalue weighted by atomic mass is 10.1. The van der Waals surface area contributed by atoms with Crippen LogP contribution in [0.4, 0.5) is 0 Å². The van der Waals surface area contributed by atoms with Crippen LogP contribution in [0.2, 0.25) is 5.02 Å². The van der Waals surface area contributed by atoms with Crippen molar-refractivity contribution in [1.82, 2.24) is 14.4 Å². The monoisotopic (exact) mass is 467 g/mol. The zero-order chi connectivity index (χ0) is 23.2. The summed E-state index contributed by atoms with van der Waals surface area (Å²) in [5, 5.41) is 0.702. The molecule has 7 heteroatoms. The molecule has 1 saturated heterocycles. The van der Waals surface area contributed by atoms with Gasteiger partial charge in [-0.25, -0.2) is 0 Å². The Morgan fingerprint density at radius 2 is 1.82 bits per heavy atom. The molecule has 1 fully saturated rings. The van der Waals surface area contributed by atoms with Crippen LogP contribution in [-0.2, 0) is 18.4 Å². The molecule has 1 unspecified atom stereocenters. The second-order valence-corrected chi connectivity index (χ2v) is 8.74. The first kappa shape index (κ1) is 23.4. The number of nitrogens with zero attached hydrogens (tertiary/aromatic N) is 3. The van der Waals surface area contributed by atoms with E-state index >= 15 is 0 Å². The van der Waals surface area contributed by atoms with Crippen molar-refractivity contribution in [2.75, 3.05) is 39.8 Å². The lowest BCUT2D eigenvalue weighted by molar-refractivity contribution is 0.00324. The highest BCUT2D eigenvalue weighted by Crippen LogP contribution is 2.25. The van der Waals surface area contributed by atoms with Crippen LogP contribution in [0.3, 0.4) is 0 Å². The van der Waals surface area contributed by atoms with Gasteiger partial charge in [0.2, 0.25) is 0 Å². The SMILES string of the molecule is COc1cccc(C(CN2CCN(C(=O)c3cccn3C)CC2)OCc2cccc(Cl)c2)c1. The number of benzene rings is 2. The third-order valence-electron chi connectivity index (χ3n) is 6.05. The molecule has 0 bridgehead atoms. The molecule has 0 spiro atoms. The fraction of sp³-hybridized carbons (Fsp3) is 0.346. The van der Waals surface area contributed by atoms with Crippen LogP contribution in [-0.4, -0.2) is 60.1 Å². The molecule has 1 aliphatic rings. The maximum Gasteiger partial charge on any atom is 0.270 e. The number of aryl methyl sites for hydroxylation is 1. The molecule has 0 N–H and O–H groups in total. The quantitative estimate of drug-likeness (QED) is 0.492. The number of halogens is 1. The maximum absolute atomic E-state index is 12.8. The standard InChI is InChI=1S/C26H30ClN3O3/c1-28-11-5-10-24(28)26(31)30-14-12-29(13-15-30)18-25(21-7-4-9-23(17-21)32-2)33-19-20-6-3-8-22(27)16-20/h3-11,16-17,25H,12-15,18-19H2,1-2H3. The van der Waals surface area contributed by atoms with E-state index in [-0.39, 0.29) is 12.0 Å². The minimum Gasteiger partial charge on any atom is -0.497 e. The third-order valence-corrected chi connectivity index (χ3v) is 6.29. The molecule has 2 heterocycles. The Bertz CT molecular complexity index is 1080. The normalized spacial score (nSPS) is 15.4. The summed E-state index contributed by atoms with van der Waals surface area (Å²) in [5.41, 5.74) is 2.83. The number of carbonyl (C=O) groups excluding carboxylic acids is 1. The number of methoxy groups -OCH3 is 1. The molecular formula is C26H30ClN3O3. The topological polar surface area (TPSA) is 46.9 Å². The number of carbonyl (C=O) groups is 1. The van der Waals surface area contributed by atoms with Gasteiger partial charge in [0.1, 0.15) is 11.4 Å². The molecule has 4 rings (SSSR count). The number of piperazine rings is 1. The number of rotatable bonds is 8. The van der Waals surface area contributed by atoms with Crippen LogP contribution in [0.5, 0.6) is 5.75 Å². The van der Waals surface area contributed by atoms with E-state index < -0.39 is 0 Å². The molecule has 3 aromatic rings. The minimum atomic E-state index is -0.130. The summed E-state index contributed by atoms with van der Waals surface area (Å²) in [5.74, 6) is 0.894. The number of hydrogen-bond acceptors (Lipinski definition) is 4. The highest BCUT2D eigenvalue weighted by molar-refractivity contribution is 6.30. The minimum absolute atomic E-state index is 0.0868. The van der Waals surface area contributed by atoms with Crippen molar-refractivity contribution >= 4 is 17.5 Å². The predicted molar refractivity (Wildman–Crippen MR) is 130 cm³/mol. The van der Waals surface area contributed by atoms with Crippen molar-refractivity contribution in [3.63, 3.8) is 0 Å². The van der Waals surface area contributed by atoms with Gasteiger partial charge in [-0.15, -0.1) is 0 Å². The molecule has 0 saturated carbocycles. The van der Waals surface area contributed by atoms with Crippen molar-refractivity contribution in [2.24, 2.45) is 7.05 Å². The first-order valence-electron chi connectivity index (χ1n) is 11.2. The first-order chi connectivity index (χ1) is 16.0. The lowest BCUT2D eigenvalue weighted by Gasteiger charge is -2.36.